The molecule has 1 aliphatic rings. The van der Waals surface area contributed by atoms with Gasteiger partial charge in [-0.2, -0.15) is 13.2 Å². The summed E-state index contributed by atoms with van der Waals surface area (Å²) in [6, 6.07) is 0.296. The maximum absolute atomic E-state index is 12.2. The Morgan fingerprint density at radius 2 is 2.00 bits per heavy atom. The van der Waals surface area contributed by atoms with Gasteiger partial charge in [0, 0.05) is 6.04 Å². The number of ether oxygens (including phenoxy) is 1. The topological polar surface area (TPSA) is 21.3 Å². The third-order valence-electron chi connectivity index (χ3n) is 2.89. The van der Waals surface area contributed by atoms with Crippen molar-refractivity contribution in [3.8, 4) is 0 Å². The van der Waals surface area contributed by atoms with Crippen LogP contribution in [0.3, 0.4) is 0 Å². The van der Waals surface area contributed by atoms with Crippen LogP contribution in [0.1, 0.15) is 32.6 Å². The Hall–Kier alpha value is -0.290. The first-order valence-corrected chi connectivity index (χ1v) is 5.33. The number of hydrogen-bond acceptors (Lipinski definition) is 2. The van der Waals surface area contributed by atoms with Crippen LogP contribution >= 0.6 is 0 Å². The molecule has 1 N–H and O–H groups in total. The molecular weight excluding hydrogens is 207 g/mol. The van der Waals surface area contributed by atoms with E-state index in [1.807, 2.05) is 7.05 Å². The smallest absolute Gasteiger partial charge is 0.366 e. The third-order valence-corrected chi connectivity index (χ3v) is 2.89. The van der Waals surface area contributed by atoms with Crippen LogP contribution in [0, 0.1) is 0 Å². The van der Waals surface area contributed by atoms with Gasteiger partial charge in [0.05, 0.1) is 6.10 Å². The van der Waals surface area contributed by atoms with Gasteiger partial charge in [0.25, 0.3) is 0 Å². The van der Waals surface area contributed by atoms with Gasteiger partial charge < -0.3 is 10.1 Å². The Morgan fingerprint density at radius 3 is 2.53 bits per heavy atom. The van der Waals surface area contributed by atoms with E-state index in [1.165, 1.54) is 0 Å². The molecule has 0 aromatic rings. The van der Waals surface area contributed by atoms with Crippen molar-refractivity contribution in [3.05, 3.63) is 0 Å². The first kappa shape index (κ1) is 12.8. The van der Waals surface area contributed by atoms with E-state index in [9.17, 15) is 13.2 Å². The van der Waals surface area contributed by atoms with Gasteiger partial charge >= 0.3 is 6.18 Å². The fourth-order valence-corrected chi connectivity index (χ4v) is 1.90. The molecule has 5 heteroatoms. The highest BCUT2D eigenvalue weighted by Crippen LogP contribution is 2.28. The summed E-state index contributed by atoms with van der Waals surface area (Å²) in [4.78, 5) is 0. The van der Waals surface area contributed by atoms with Gasteiger partial charge in [0.1, 0.15) is 0 Å². The van der Waals surface area contributed by atoms with Crippen LogP contribution in [-0.4, -0.2) is 31.5 Å². The molecule has 0 amide bonds. The Bertz CT molecular complexity index is 196. The molecule has 0 bridgehead atoms. The Morgan fingerprint density at radius 1 is 1.33 bits per heavy atom. The maximum Gasteiger partial charge on any atom is 0.414 e. The monoisotopic (exact) mass is 225 g/mol. The van der Waals surface area contributed by atoms with Gasteiger partial charge in [-0.15, -0.1) is 0 Å². The number of halogens is 3. The van der Waals surface area contributed by atoms with Crippen molar-refractivity contribution in [2.75, 3.05) is 7.05 Å². The highest BCUT2D eigenvalue weighted by atomic mass is 19.4. The molecule has 2 nitrogen and oxygen atoms in total. The highest BCUT2D eigenvalue weighted by Gasteiger charge is 2.39. The van der Waals surface area contributed by atoms with E-state index in [-0.39, 0.29) is 6.10 Å². The normalized spacial score (nSPS) is 30.2. The zero-order valence-electron chi connectivity index (χ0n) is 9.10. The van der Waals surface area contributed by atoms with Gasteiger partial charge in [0.15, 0.2) is 6.10 Å². The van der Waals surface area contributed by atoms with Crippen molar-refractivity contribution in [1.82, 2.24) is 5.32 Å². The van der Waals surface area contributed by atoms with E-state index in [1.54, 1.807) is 0 Å². The largest absolute Gasteiger partial charge is 0.414 e. The van der Waals surface area contributed by atoms with Crippen LogP contribution in [0.15, 0.2) is 0 Å². The fourth-order valence-electron chi connectivity index (χ4n) is 1.90. The van der Waals surface area contributed by atoms with E-state index in [0.29, 0.717) is 12.5 Å². The first-order valence-electron chi connectivity index (χ1n) is 5.33. The van der Waals surface area contributed by atoms with Crippen molar-refractivity contribution in [1.29, 1.82) is 0 Å². The third kappa shape index (κ3) is 3.99. The molecule has 0 aliphatic heterocycles. The SMILES string of the molecule is CNC1CCCC(OC(C)C(F)(F)F)C1. The Kier molecular flexibility index (Phi) is 4.40. The van der Waals surface area contributed by atoms with Crippen molar-refractivity contribution >= 4 is 0 Å². The fraction of sp³-hybridized carbons (Fsp3) is 1.00. The van der Waals surface area contributed by atoms with E-state index in [0.717, 1.165) is 26.2 Å². The van der Waals surface area contributed by atoms with Crippen LogP contribution in [0.25, 0.3) is 0 Å². The standard InChI is InChI=1S/C10H18F3NO/c1-7(10(11,12)13)15-9-5-3-4-8(6-9)14-2/h7-9,14H,3-6H2,1-2H3. The molecule has 0 radical (unpaired) electrons. The summed E-state index contributed by atoms with van der Waals surface area (Å²) >= 11 is 0. The average Bonchev–Trinajstić information content (AvgIpc) is 2.16. The number of alkyl halides is 3. The van der Waals surface area contributed by atoms with E-state index < -0.39 is 12.3 Å². The van der Waals surface area contributed by atoms with E-state index in [2.05, 4.69) is 5.32 Å². The van der Waals surface area contributed by atoms with Gasteiger partial charge in [-0.3, -0.25) is 0 Å². The second-order valence-electron chi connectivity index (χ2n) is 4.09. The van der Waals surface area contributed by atoms with Crippen molar-refractivity contribution in [3.63, 3.8) is 0 Å². The molecule has 1 aliphatic carbocycles. The molecular formula is C10H18F3NO. The summed E-state index contributed by atoms with van der Waals surface area (Å²) in [5.74, 6) is 0. The lowest BCUT2D eigenvalue weighted by atomic mass is 9.93. The minimum atomic E-state index is -4.24. The van der Waals surface area contributed by atoms with Crippen LogP contribution in [0.2, 0.25) is 0 Å². The second-order valence-corrected chi connectivity index (χ2v) is 4.09. The van der Waals surface area contributed by atoms with Crippen LogP contribution in [0.4, 0.5) is 13.2 Å². The number of nitrogens with one attached hydrogen (secondary N) is 1. The van der Waals surface area contributed by atoms with Crippen molar-refractivity contribution in [2.45, 2.75) is 57.0 Å². The summed E-state index contributed by atoms with van der Waals surface area (Å²) < 4.78 is 41.8. The average molecular weight is 225 g/mol. The predicted octanol–water partition coefficient (Wildman–Crippen LogP) is 2.48. The van der Waals surface area contributed by atoms with E-state index in [4.69, 9.17) is 4.74 Å². The number of hydrogen-bond donors (Lipinski definition) is 1. The quantitative estimate of drug-likeness (QED) is 0.796. The summed E-state index contributed by atoms with van der Waals surface area (Å²) in [7, 11) is 1.83. The van der Waals surface area contributed by atoms with Gasteiger partial charge in [-0.25, -0.2) is 0 Å². The zero-order valence-corrected chi connectivity index (χ0v) is 9.10. The minimum absolute atomic E-state index is 0.257. The predicted molar refractivity (Wildman–Crippen MR) is 51.7 cm³/mol. The molecule has 0 spiro atoms. The Labute approximate surface area is 88.2 Å². The lowest BCUT2D eigenvalue weighted by molar-refractivity contribution is -0.229. The molecule has 15 heavy (non-hydrogen) atoms. The molecule has 3 atom stereocenters. The van der Waals surface area contributed by atoms with Crippen molar-refractivity contribution < 1.29 is 17.9 Å². The van der Waals surface area contributed by atoms with Gasteiger partial charge in [0.2, 0.25) is 0 Å². The van der Waals surface area contributed by atoms with Gasteiger partial charge in [-0.05, 0) is 39.7 Å². The molecule has 1 saturated carbocycles. The molecule has 0 aromatic heterocycles. The molecule has 1 rings (SSSR count). The molecule has 0 saturated heterocycles. The number of rotatable bonds is 3. The lowest BCUT2D eigenvalue weighted by Gasteiger charge is -2.31. The van der Waals surface area contributed by atoms with Crippen molar-refractivity contribution in [2.24, 2.45) is 0 Å². The maximum atomic E-state index is 12.2. The molecule has 3 unspecified atom stereocenters. The second kappa shape index (κ2) is 5.16. The molecule has 1 fully saturated rings. The van der Waals surface area contributed by atoms with Crippen LogP contribution < -0.4 is 5.32 Å². The minimum Gasteiger partial charge on any atom is -0.366 e. The van der Waals surface area contributed by atoms with Crippen LogP contribution in [0.5, 0.6) is 0 Å². The van der Waals surface area contributed by atoms with Gasteiger partial charge in [-0.1, -0.05) is 0 Å². The molecule has 0 aromatic carbocycles. The van der Waals surface area contributed by atoms with Crippen LogP contribution in [-0.2, 0) is 4.74 Å². The van der Waals surface area contributed by atoms with E-state index >= 15 is 0 Å². The lowest BCUT2D eigenvalue weighted by Crippen LogP contribution is -2.39. The summed E-state index contributed by atoms with van der Waals surface area (Å²) in [6.45, 7) is 1.07. The summed E-state index contributed by atoms with van der Waals surface area (Å²) in [6.07, 6.45) is -2.79. The highest BCUT2D eigenvalue weighted by molar-refractivity contribution is 4.78. The first-order chi connectivity index (χ1) is 6.93. The summed E-state index contributed by atoms with van der Waals surface area (Å²) in [5, 5.41) is 3.08. The summed E-state index contributed by atoms with van der Waals surface area (Å²) in [5.41, 5.74) is 0. The zero-order chi connectivity index (χ0) is 11.5. The molecule has 0 heterocycles. The Balaban J connectivity index is 2.38. The molecule has 90 valence electrons.